The molecule has 2 N–H and O–H groups in total. The zero-order valence-electron chi connectivity index (χ0n) is 9.40. The number of rotatable bonds is 1. The summed E-state index contributed by atoms with van der Waals surface area (Å²) >= 11 is 0. The van der Waals surface area contributed by atoms with Crippen molar-refractivity contribution in [2.75, 3.05) is 18.0 Å². The second-order valence-electron chi connectivity index (χ2n) is 4.26. The largest absolute Gasteiger partial charge is 0.341 e. The molecule has 0 aliphatic carbocycles. The van der Waals surface area contributed by atoms with Crippen LogP contribution in [-0.2, 0) is 0 Å². The second kappa shape index (κ2) is 4.14. The van der Waals surface area contributed by atoms with Gasteiger partial charge in [0.15, 0.2) is 0 Å². The van der Waals surface area contributed by atoms with E-state index in [-0.39, 0.29) is 0 Å². The molecule has 4 nitrogen and oxygen atoms in total. The fraction of sp³-hybridized carbons (Fsp3) is 0.636. The molecule has 15 heavy (non-hydrogen) atoms. The molecule has 4 heteroatoms. The Kier molecular flexibility index (Phi) is 2.86. The first-order valence-corrected chi connectivity index (χ1v) is 5.47. The van der Waals surface area contributed by atoms with Crippen molar-refractivity contribution in [3.63, 3.8) is 0 Å². The summed E-state index contributed by atoms with van der Waals surface area (Å²) in [4.78, 5) is 11.1. The topological polar surface area (TPSA) is 55.0 Å². The predicted molar refractivity (Wildman–Crippen MR) is 60.9 cm³/mol. The minimum atomic E-state index is 0.354. The number of hydrogen-bond acceptors (Lipinski definition) is 4. The maximum atomic E-state index is 5.86. The lowest BCUT2D eigenvalue weighted by Crippen LogP contribution is -2.40. The van der Waals surface area contributed by atoms with Crippen LogP contribution in [0.2, 0.25) is 0 Å². The fourth-order valence-corrected chi connectivity index (χ4v) is 1.77. The van der Waals surface area contributed by atoms with E-state index in [9.17, 15) is 0 Å². The van der Waals surface area contributed by atoms with E-state index in [1.165, 1.54) is 0 Å². The lowest BCUT2D eigenvalue weighted by Gasteiger charge is -2.30. The molecular formula is C11H18N4. The van der Waals surface area contributed by atoms with Crippen molar-refractivity contribution in [1.82, 2.24) is 9.97 Å². The van der Waals surface area contributed by atoms with E-state index in [4.69, 9.17) is 5.73 Å². The normalized spacial score (nSPS) is 18.2. The first-order valence-electron chi connectivity index (χ1n) is 5.47. The number of nitrogens with two attached hydrogens (primary N) is 1. The third-order valence-electron chi connectivity index (χ3n) is 3.03. The van der Waals surface area contributed by atoms with E-state index in [0.717, 1.165) is 43.1 Å². The molecule has 2 rings (SSSR count). The van der Waals surface area contributed by atoms with E-state index in [1.54, 1.807) is 0 Å². The van der Waals surface area contributed by atoms with Crippen molar-refractivity contribution in [3.05, 3.63) is 17.5 Å². The molecule has 0 radical (unpaired) electrons. The van der Waals surface area contributed by atoms with Gasteiger partial charge < -0.3 is 10.6 Å². The molecule has 1 aliphatic heterocycles. The van der Waals surface area contributed by atoms with Gasteiger partial charge in [-0.25, -0.2) is 9.97 Å². The Balaban J connectivity index is 2.12. The van der Waals surface area contributed by atoms with Crippen molar-refractivity contribution in [3.8, 4) is 0 Å². The number of nitrogens with zero attached hydrogens (tertiary/aromatic N) is 3. The van der Waals surface area contributed by atoms with Gasteiger partial charge in [-0.3, -0.25) is 0 Å². The minimum absolute atomic E-state index is 0.354. The molecular weight excluding hydrogens is 188 g/mol. The van der Waals surface area contributed by atoms with Gasteiger partial charge in [-0.2, -0.15) is 0 Å². The number of piperidine rings is 1. The van der Waals surface area contributed by atoms with Crippen LogP contribution in [0.15, 0.2) is 6.20 Å². The number of aryl methyl sites for hydroxylation is 2. The van der Waals surface area contributed by atoms with Crippen LogP contribution in [0.3, 0.4) is 0 Å². The lowest BCUT2D eigenvalue weighted by molar-refractivity contribution is 0.495. The van der Waals surface area contributed by atoms with Gasteiger partial charge in [-0.05, 0) is 32.3 Å². The van der Waals surface area contributed by atoms with Crippen LogP contribution in [0, 0.1) is 13.8 Å². The third-order valence-corrected chi connectivity index (χ3v) is 3.03. The molecule has 0 aromatic carbocycles. The molecule has 1 fully saturated rings. The van der Waals surface area contributed by atoms with Crippen LogP contribution >= 0.6 is 0 Å². The van der Waals surface area contributed by atoms with E-state index in [2.05, 4.69) is 14.9 Å². The van der Waals surface area contributed by atoms with Crippen LogP contribution in [-0.4, -0.2) is 29.1 Å². The molecule has 0 bridgehead atoms. The monoisotopic (exact) mass is 206 g/mol. The van der Waals surface area contributed by atoms with Crippen LogP contribution in [0.5, 0.6) is 0 Å². The maximum absolute atomic E-state index is 5.86. The van der Waals surface area contributed by atoms with Gasteiger partial charge in [0, 0.05) is 31.0 Å². The number of hydrogen-bond donors (Lipinski definition) is 1. The number of aromatic nitrogens is 2. The van der Waals surface area contributed by atoms with Crippen LogP contribution in [0.25, 0.3) is 0 Å². The van der Waals surface area contributed by atoms with Gasteiger partial charge in [0.2, 0.25) is 5.95 Å². The Morgan fingerprint density at radius 2 is 2.00 bits per heavy atom. The predicted octanol–water partition coefficient (Wildman–Crippen LogP) is 1.02. The number of anilines is 1. The van der Waals surface area contributed by atoms with E-state index < -0.39 is 0 Å². The average molecular weight is 206 g/mol. The van der Waals surface area contributed by atoms with Crippen molar-refractivity contribution in [1.29, 1.82) is 0 Å². The molecule has 82 valence electrons. The fourth-order valence-electron chi connectivity index (χ4n) is 1.77. The maximum Gasteiger partial charge on any atom is 0.225 e. The summed E-state index contributed by atoms with van der Waals surface area (Å²) in [6, 6.07) is 0.354. The standard InChI is InChI=1S/C11H18N4/c1-8-7-13-11(14-9(8)2)15-5-3-10(12)4-6-15/h7,10H,3-6,12H2,1-2H3. The SMILES string of the molecule is Cc1cnc(N2CCC(N)CC2)nc1C. The Morgan fingerprint density at radius 3 is 2.60 bits per heavy atom. The van der Waals surface area contributed by atoms with Gasteiger partial charge in [-0.1, -0.05) is 0 Å². The third kappa shape index (κ3) is 2.26. The Bertz CT molecular complexity index is 342. The minimum Gasteiger partial charge on any atom is -0.341 e. The smallest absolute Gasteiger partial charge is 0.225 e. The van der Waals surface area contributed by atoms with E-state index >= 15 is 0 Å². The molecule has 2 heterocycles. The highest BCUT2D eigenvalue weighted by molar-refractivity contribution is 5.33. The van der Waals surface area contributed by atoms with Crippen molar-refractivity contribution < 1.29 is 0 Å². The van der Waals surface area contributed by atoms with Crippen LogP contribution in [0.1, 0.15) is 24.1 Å². The lowest BCUT2D eigenvalue weighted by atomic mass is 10.1. The first kappa shape index (κ1) is 10.4. The molecule has 1 saturated heterocycles. The Hall–Kier alpha value is -1.16. The van der Waals surface area contributed by atoms with Crippen molar-refractivity contribution >= 4 is 5.95 Å². The quantitative estimate of drug-likeness (QED) is 0.745. The molecule has 1 aromatic rings. The van der Waals surface area contributed by atoms with Crippen LogP contribution < -0.4 is 10.6 Å². The molecule has 0 unspecified atom stereocenters. The summed E-state index contributed by atoms with van der Waals surface area (Å²) < 4.78 is 0. The zero-order chi connectivity index (χ0) is 10.8. The van der Waals surface area contributed by atoms with Crippen molar-refractivity contribution in [2.24, 2.45) is 5.73 Å². The van der Waals surface area contributed by atoms with Gasteiger partial charge in [0.1, 0.15) is 0 Å². The van der Waals surface area contributed by atoms with Gasteiger partial charge in [0.05, 0.1) is 0 Å². The summed E-state index contributed by atoms with van der Waals surface area (Å²) in [7, 11) is 0. The molecule has 0 saturated carbocycles. The molecule has 1 aliphatic rings. The highest BCUT2D eigenvalue weighted by Gasteiger charge is 2.18. The van der Waals surface area contributed by atoms with Gasteiger partial charge >= 0.3 is 0 Å². The highest BCUT2D eigenvalue weighted by atomic mass is 15.3. The molecule has 0 atom stereocenters. The zero-order valence-corrected chi connectivity index (χ0v) is 9.40. The summed E-state index contributed by atoms with van der Waals surface area (Å²) in [5.74, 6) is 0.852. The summed E-state index contributed by atoms with van der Waals surface area (Å²) in [6.45, 7) is 6.01. The summed E-state index contributed by atoms with van der Waals surface area (Å²) in [5.41, 5.74) is 8.07. The molecule has 0 amide bonds. The molecule has 1 aromatic heterocycles. The van der Waals surface area contributed by atoms with Crippen LogP contribution in [0.4, 0.5) is 5.95 Å². The van der Waals surface area contributed by atoms with Gasteiger partial charge in [0.25, 0.3) is 0 Å². The first-order chi connectivity index (χ1) is 7.16. The van der Waals surface area contributed by atoms with Crippen molar-refractivity contribution in [2.45, 2.75) is 32.7 Å². The molecule has 0 spiro atoms. The average Bonchev–Trinajstić information content (AvgIpc) is 2.23. The Labute approximate surface area is 90.5 Å². The second-order valence-corrected chi connectivity index (χ2v) is 4.26. The summed E-state index contributed by atoms with van der Waals surface area (Å²) in [5, 5.41) is 0. The van der Waals surface area contributed by atoms with E-state index in [0.29, 0.717) is 6.04 Å². The van der Waals surface area contributed by atoms with Gasteiger partial charge in [-0.15, -0.1) is 0 Å². The summed E-state index contributed by atoms with van der Waals surface area (Å²) in [6.07, 6.45) is 3.97. The van der Waals surface area contributed by atoms with E-state index in [1.807, 2.05) is 20.0 Å². The Morgan fingerprint density at radius 1 is 1.33 bits per heavy atom. The highest BCUT2D eigenvalue weighted by Crippen LogP contribution is 2.15.